The Morgan fingerprint density at radius 3 is 2.57 bits per heavy atom. The lowest BCUT2D eigenvalue weighted by Gasteiger charge is -1.96. The van der Waals surface area contributed by atoms with Crippen LogP contribution in [0.5, 0.6) is 5.75 Å². The van der Waals surface area contributed by atoms with Gasteiger partial charge in [-0.25, -0.2) is 0 Å². The minimum absolute atomic E-state index is 0.234. The second-order valence-corrected chi connectivity index (χ2v) is 3.08. The quantitative estimate of drug-likeness (QED) is 0.785. The number of aromatic nitrogens is 2. The van der Waals surface area contributed by atoms with Gasteiger partial charge in [0.05, 0.1) is 6.20 Å². The first kappa shape index (κ1) is 8.81. The van der Waals surface area contributed by atoms with Crippen molar-refractivity contribution in [2.75, 3.05) is 0 Å². The molecule has 2 aromatic rings. The van der Waals surface area contributed by atoms with Crippen LogP contribution in [0.4, 0.5) is 0 Å². The topological polar surface area (TPSA) is 38.0 Å². The number of aryl methyl sites for hydroxylation is 1. The third-order valence-corrected chi connectivity index (χ3v) is 2.11. The third-order valence-electron chi connectivity index (χ3n) is 2.11. The van der Waals surface area contributed by atoms with Gasteiger partial charge in [-0.05, 0) is 6.92 Å². The van der Waals surface area contributed by atoms with Gasteiger partial charge >= 0.3 is 0 Å². The maximum Gasteiger partial charge on any atom is 0.161 e. The molecular formula is C11H12N2O. The van der Waals surface area contributed by atoms with E-state index < -0.39 is 0 Å². The van der Waals surface area contributed by atoms with E-state index in [-0.39, 0.29) is 5.75 Å². The summed E-state index contributed by atoms with van der Waals surface area (Å²) in [5.41, 5.74) is 1.59. The maximum absolute atomic E-state index is 9.63. The van der Waals surface area contributed by atoms with E-state index >= 15 is 0 Å². The molecule has 3 nitrogen and oxygen atoms in total. The van der Waals surface area contributed by atoms with Gasteiger partial charge in [-0.15, -0.1) is 0 Å². The van der Waals surface area contributed by atoms with Gasteiger partial charge < -0.3 is 5.11 Å². The average Bonchev–Trinajstić information content (AvgIpc) is 2.61. The fourth-order valence-electron chi connectivity index (χ4n) is 1.37. The molecule has 0 aliphatic carbocycles. The predicted molar refractivity (Wildman–Crippen MR) is 55.0 cm³/mol. The van der Waals surface area contributed by atoms with Gasteiger partial charge in [0.25, 0.3) is 0 Å². The van der Waals surface area contributed by atoms with Crippen LogP contribution in [0.2, 0.25) is 0 Å². The highest BCUT2D eigenvalue weighted by Crippen LogP contribution is 2.26. The number of rotatable bonds is 2. The van der Waals surface area contributed by atoms with Gasteiger partial charge in [0.15, 0.2) is 5.75 Å². The Kier molecular flexibility index (Phi) is 2.23. The monoisotopic (exact) mass is 188 g/mol. The second-order valence-electron chi connectivity index (χ2n) is 3.08. The van der Waals surface area contributed by atoms with Crippen molar-refractivity contribution in [1.29, 1.82) is 0 Å². The molecular weight excluding hydrogens is 176 g/mol. The minimum atomic E-state index is 0.234. The summed E-state index contributed by atoms with van der Waals surface area (Å²) >= 11 is 0. The number of hydrogen-bond donors (Lipinski definition) is 1. The van der Waals surface area contributed by atoms with E-state index in [9.17, 15) is 5.11 Å². The summed E-state index contributed by atoms with van der Waals surface area (Å²) in [4.78, 5) is 0. The molecule has 0 spiro atoms. The normalized spacial score (nSPS) is 10.4. The van der Waals surface area contributed by atoms with Crippen molar-refractivity contribution in [1.82, 2.24) is 9.78 Å². The molecule has 2 rings (SSSR count). The van der Waals surface area contributed by atoms with Crippen molar-refractivity contribution in [2.24, 2.45) is 0 Å². The van der Waals surface area contributed by atoms with Crippen LogP contribution in [0.1, 0.15) is 6.92 Å². The van der Waals surface area contributed by atoms with Crippen molar-refractivity contribution < 1.29 is 5.11 Å². The van der Waals surface area contributed by atoms with Crippen molar-refractivity contribution in [3.63, 3.8) is 0 Å². The van der Waals surface area contributed by atoms with Gasteiger partial charge in [-0.2, -0.15) is 5.10 Å². The highest BCUT2D eigenvalue weighted by atomic mass is 16.3. The molecule has 0 aliphatic heterocycles. The summed E-state index contributed by atoms with van der Waals surface area (Å²) in [5.74, 6) is 0.234. The summed E-state index contributed by atoms with van der Waals surface area (Å²) in [5, 5.41) is 13.9. The zero-order valence-corrected chi connectivity index (χ0v) is 8.01. The number of hydrogen-bond acceptors (Lipinski definition) is 2. The van der Waals surface area contributed by atoms with Gasteiger partial charge in [-0.3, -0.25) is 4.68 Å². The smallest absolute Gasteiger partial charge is 0.161 e. The number of nitrogens with zero attached hydrogens (tertiary/aromatic N) is 2. The highest BCUT2D eigenvalue weighted by Gasteiger charge is 2.08. The average molecular weight is 188 g/mol. The maximum atomic E-state index is 9.63. The number of benzene rings is 1. The van der Waals surface area contributed by atoms with Crippen molar-refractivity contribution in [2.45, 2.75) is 13.5 Å². The van der Waals surface area contributed by atoms with E-state index in [2.05, 4.69) is 5.10 Å². The van der Waals surface area contributed by atoms with E-state index in [1.165, 1.54) is 0 Å². The fourth-order valence-corrected chi connectivity index (χ4v) is 1.37. The summed E-state index contributed by atoms with van der Waals surface area (Å²) < 4.78 is 1.72. The molecule has 1 aromatic heterocycles. The molecule has 1 N–H and O–H groups in total. The molecule has 0 amide bonds. The lowest BCUT2D eigenvalue weighted by molar-refractivity contribution is 0.475. The molecule has 0 fully saturated rings. The van der Waals surface area contributed by atoms with Crippen LogP contribution < -0.4 is 0 Å². The summed E-state index contributed by atoms with van der Waals surface area (Å²) in [6.07, 6.45) is 1.64. The van der Waals surface area contributed by atoms with Crippen molar-refractivity contribution >= 4 is 0 Å². The molecule has 0 radical (unpaired) electrons. The first-order valence-corrected chi connectivity index (χ1v) is 4.63. The van der Waals surface area contributed by atoms with Crippen LogP contribution in [0, 0.1) is 0 Å². The zero-order chi connectivity index (χ0) is 9.97. The lowest BCUT2D eigenvalue weighted by Crippen LogP contribution is -1.93. The van der Waals surface area contributed by atoms with E-state index in [4.69, 9.17) is 0 Å². The van der Waals surface area contributed by atoms with Gasteiger partial charge in [0, 0.05) is 12.1 Å². The minimum Gasteiger partial charge on any atom is -0.504 e. The molecule has 72 valence electrons. The van der Waals surface area contributed by atoms with Gasteiger partial charge in [0.1, 0.15) is 5.69 Å². The van der Waals surface area contributed by atoms with E-state index in [0.717, 1.165) is 12.1 Å². The molecule has 3 heteroatoms. The van der Waals surface area contributed by atoms with Gasteiger partial charge in [0.2, 0.25) is 0 Å². The molecule has 0 saturated carbocycles. The standard InChI is InChI=1S/C11H12N2O/c1-2-13-8-10(14)11(12-13)9-6-4-3-5-7-9/h3-8,14H,2H2,1H3. The molecule has 0 bridgehead atoms. The SMILES string of the molecule is CCn1cc(O)c(-c2ccccc2)n1. The lowest BCUT2D eigenvalue weighted by atomic mass is 10.1. The molecule has 1 aromatic carbocycles. The molecule has 0 unspecified atom stereocenters. The van der Waals surface area contributed by atoms with Crippen LogP contribution in [-0.2, 0) is 6.54 Å². The third kappa shape index (κ3) is 1.48. The summed E-state index contributed by atoms with van der Waals surface area (Å²) in [7, 11) is 0. The largest absolute Gasteiger partial charge is 0.504 e. The van der Waals surface area contributed by atoms with Crippen molar-refractivity contribution in [3.8, 4) is 17.0 Å². The first-order chi connectivity index (χ1) is 6.81. The fraction of sp³-hybridized carbons (Fsp3) is 0.182. The van der Waals surface area contributed by atoms with Crippen LogP contribution in [-0.4, -0.2) is 14.9 Å². The summed E-state index contributed by atoms with van der Waals surface area (Å²) in [6.45, 7) is 2.75. The Morgan fingerprint density at radius 2 is 2.00 bits per heavy atom. The van der Waals surface area contributed by atoms with Crippen LogP contribution in [0.3, 0.4) is 0 Å². The second kappa shape index (κ2) is 3.54. The Morgan fingerprint density at radius 1 is 1.29 bits per heavy atom. The Hall–Kier alpha value is -1.77. The molecule has 0 atom stereocenters. The Labute approximate surface area is 82.6 Å². The molecule has 0 saturated heterocycles. The van der Waals surface area contributed by atoms with E-state index in [1.807, 2.05) is 37.3 Å². The van der Waals surface area contributed by atoms with Crippen LogP contribution >= 0.6 is 0 Å². The van der Waals surface area contributed by atoms with E-state index in [0.29, 0.717) is 5.69 Å². The molecule has 1 heterocycles. The Bertz CT molecular complexity index is 420. The Balaban J connectivity index is 2.46. The molecule has 14 heavy (non-hydrogen) atoms. The number of aromatic hydroxyl groups is 1. The zero-order valence-electron chi connectivity index (χ0n) is 8.01. The highest BCUT2D eigenvalue weighted by molar-refractivity contribution is 5.64. The molecule has 0 aliphatic rings. The van der Waals surface area contributed by atoms with Crippen molar-refractivity contribution in [3.05, 3.63) is 36.5 Å². The predicted octanol–water partition coefficient (Wildman–Crippen LogP) is 2.28. The van der Waals surface area contributed by atoms with Crippen LogP contribution in [0.25, 0.3) is 11.3 Å². The first-order valence-electron chi connectivity index (χ1n) is 4.63. The van der Waals surface area contributed by atoms with E-state index in [1.54, 1.807) is 10.9 Å². The van der Waals surface area contributed by atoms with Crippen LogP contribution in [0.15, 0.2) is 36.5 Å². The van der Waals surface area contributed by atoms with Gasteiger partial charge in [-0.1, -0.05) is 30.3 Å². The summed E-state index contributed by atoms with van der Waals surface area (Å²) in [6, 6.07) is 9.67.